The second kappa shape index (κ2) is 7.56. The SMILES string of the molecule is CC(C)CCNC(=O)c1cc(-c2cccn2C)nn1-c1ccc(F)cc1. The van der Waals surface area contributed by atoms with E-state index in [9.17, 15) is 9.18 Å². The van der Waals surface area contributed by atoms with Crippen molar-refractivity contribution in [3.05, 3.63) is 60.2 Å². The maximum atomic E-state index is 13.3. The average Bonchev–Trinajstić information content (AvgIpc) is 3.21. The largest absolute Gasteiger partial charge is 0.351 e. The predicted octanol–water partition coefficient (Wildman–Crippen LogP) is 3.79. The van der Waals surface area contributed by atoms with Crippen LogP contribution >= 0.6 is 0 Å². The highest BCUT2D eigenvalue weighted by atomic mass is 19.1. The van der Waals surface area contributed by atoms with Gasteiger partial charge in [-0.1, -0.05) is 13.8 Å². The van der Waals surface area contributed by atoms with Crippen LogP contribution in [0.15, 0.2) is 48.7 Å². The minimum absolute atomic E-state index is 0.192. The van der Waals surface area contributed by atoms with Crippen LogP contribution in [0.1, 0.15) is 30.8 Å². The number of halogens is 1. The van der Waals surface area contributed by atoms with Crippen molar-refractivity contribution in [2.24, 2.45) is 13.0 Å². The molecule has 0 unspecified atom stereocenters. The third-order valence-electron chi connectivity index (χ3n) is 4.23. The molecular formula is C20H23FN4O. The van der Waals surface area contributed by atoms with E-state index in [0.29, 0.717) is 29.5 Å². The third kappa shape index (κ3) is 3.85. The van der Waals surface area contributed by atoms with Gasteiger partial charge in [0.1, 0.15) is 17.2 Å². The lowest BCUT2D eigenvalue weighted by molar-refractivity contribution is 0.0944. The molecule has 0 radical (unpaired) electrons. The van der Waals surface area contributed by atoms with E-state index in [-0.39, 0.29) is 11.7 Å². The molecule has 0 aliphatic carbocycles. The third-order valence-corrected chi connectivity index (χ3v) is 4.23. The highest BCUT2D eigenvalue weighted by Gasteiger charge is 2.18. The summed E-state index contributed by atoms with van der Waals surface area (Å²) in [5, 5.41) is 7.53. The summed E-state index contributed by atoms with van der Waals surface area (Å²) in [6, 6.07) is 11.6. The van der Waals surface area contributed by atoms with Crippen molar-refractivity contribution in [2.45, 2.75) is 20.3 Å². The molecule has 0 bridgehead atoms. The predicted molar refractivity (Wildman–Crippen MR) is 99.7 cm³/mol. The van der Waals surface area contributed by atoms with Gasteiger partial charge in [0.15, 0.2) is 0 Å². The summed E-state index contributed by atoms with van der Waals surface area (Å²) in [7, 11) is 1.93. The molecule has 136 valence electrons. The van der Waals surface area contributed by atoms with Crippen molar-refractivity contribution >= 4 is 5.91 Å². The Kier molecular flexibility index (Phi) is 5.21. The summed E-state index contributed by atoms with van der Waals surface area (Å²) in [6.07, 6.45) is 2.83. The van der Waals surface area contributed by atoms with Gasteiger partial charge in [0.05, 0.1) is 11.4 Å². The van der Waals surface area contributed by atoms with E-state index in [2.05, 4.69) is 24.3 Å². The molecule has 0 atom stereocenters. The molecule has 0 saturated carbocycles. The number of nitrogens with zero attached hydrogens (tertiary/aromatic N) is 3. The molecule has 1 N–H and O–H groups in total. The molecule has 6 heteroatoms. The van der Waals surface area contributed by atoms with Gasteiger partial charge in [-0.3, -0.25) is 4.79 Å². The first-order valence-electron chi connectivity index (χ1n) is 8.71. The number of hydrogen-bond donors (Lipinski definition) is 1. The summed E-state index contributed by atoms with van der Waals surface area (Å²) in [5.74, 6) is -0.00864. The van der Waals surface area contributed by atoms with E-state index in [0.717, 1.165) is 12.1 Å². The van der Waals surface area contributed by atoms with Crippen molar-refractivity contribution in [3.8, 4) is 17.1 Å². The number of hydrogen-bond acceptors (Lipinski definition) is 2. The molecule has 0 fully saturated rings. The van der Waals surface area contributed by atoms with Crippen molar-refractivity contribution in [1.29, 1.82) is 0 Å². The number of amides is 1. The Bertz CT molecular complexity index is 893. The normalized spacial score (nSPS) is 11.1. The van der Waals surface area contributed by atoms with Crippen molar-refractivity contribution in [3.63, 3.8) is 0 Å². The van der Waals surface area contributed by atoms with Gasteiger partial charge in [-0.05, 0) is 54.8 Å². The van der Waals surface area contributed by atoms with Gasteiger partial charge in [-0.2, -0.15) is 5.10 Å². The summed E-state index contributed by atoms with van der Waals surface area (Å²) in [6.45, 7) is 4.83. The zero-order valence-electron chi connectivity index (χ0n) is 15.2. The van der Waals surface area contributed by atoms with Crippen LogP contribution in [0.2, 0.25) is 0 Å². The fourth-order valence-electron chi connectivity index (χ4n) is 2.74. The molecule has 1 aromatic carbocycles. The van der Waals surface area contributed by atoms with E-state index < -0.39 is 0 Å². The minimum atomic E-state index is -0.327. The number of carbonyl (C=O) groups is 1. The van der Waals surface area contributed by atoms with Gasteiger partial charge in [0.2, 0.25) is 0 Å². The van der Waals surface area contributed by atoms with Gasteiger partial charge in [0.25, 0.3) is 5.91 Å². The molecule has 26 heavy (non-hydrogen) atoms. The number of aromatic nitrogens is 3. The Balaban J connectivity index is 1.97. The van der Waals surface area contributed by atoms with E-state index in [4.69, 9.17) is 0 Å². The standard InChI is InChI=1S/C20H23FN4O/c1-14(2)10-11-22-20(26)19-13-17(18-5-4-12-24(18)3)23-25(19)16-8-6-15(21)7-9-16/h4-9,12-14H,10-11H2,1-3H3,(H,22,26). The summed E-state index contributed by atoms with van der Waals surface area (Å²) in [5.41, 5.74) is 2.66. The van der Waals surface area contributed by atoms with Gasteiger partial charge >= 0.3 is 0 Å². The van der Waals surface area contributed by atoms with Crippen molar-refractivity contribution in [1.82, 2.24) is 19.7 Å². The Labute approximate surface area is 152 Å². The lowest BCUT2D eigenvalue weighted by atomic mass is 10.1. The average molecular weight is 354 g/mol. The van der Waals surface area contributed by atoms with Crippen LogP contribution < -0.4 is 5.32 Å². The lowest BCUT2D eigenvalue weighted by Crippen LogP contribution is -2.27. The first-order valence-corrected chi connectivity index (χ1v) is 8.71. The highest BCUT2D eigenvalue weighted by molar-refractivity contribution is 5.94. The first kappa shape index (κ1) is 17.9. The molecule has 2 aromatic heterocycles. The molecule has 0 aliphatic heterocycles. The van der Waals surface area contributed by atoms with Gasteiger partial charge < -0.3 is 9.88 Å². The minimum Gasteiger partial charge on any atom is -0.351 e. The van der Waals surface area contributed by atoms with E-state index in [1.165, 1.54) is 12.1 Å². The van der Waals surface area contributed by atoms with Crippen LogP contribution in [-0.2, 0) is 7.05 Å². The fourth-order valence-corrected chi connectivity index (χ4v) is 2.74. The van der Waals surface area contributed by atoms with Gasteiger partial charge in [-0.25, -0.2) is 9.07 Å². The van der Waals surface area contributed by atoms with Crippen LogP contribution in [0.3, 0.4) is 0 Å². The molecule has 5 nitrogen and oxygen atoms in total. The molecule has 0 aliphatic rings. The van der Waals surface area contributed by atoms with Crippen LogP contribution in [0, 0.1) is 11.7 Å². The summed E-state index contributed by atoms with van der Waals surface area (Å²) in [4.78, 5) is 12.7. The molecule has 1 amide bonds. The Morgan fingerprint density at radius 1 is 1.23 bits per heavy atom. The Hall–Kier alpha value is -2.89. The van der Waals surface area contributed by atoms with Crippen molar-refractivity contribution < 1.29 is 9.18 Å². The molecule has 0 saturated heterocycles. The topological polar surface area (TPSA) is 51.9 Å². The Morgan fingerprint density at radius 3 is 2.58 bits per heavy atom. The molecule has 3 rings (SSSR count). The number of rotatable bonds is 6. The van der Waals surface area contributed by atoms with E-state index in [1.54, 1.807) is 22.9 Å². The number of benzene rings is 1. The second-order valence-corrected chi connectivity index (χ2v) is 6.75. The maximum absolute atomic E-state index is 13.3. The molecule has 2 heterocycles. The zero-order valence-corrected chi connectivity index (χ0v) is 15.2. The van der Waals surface area contributed by atoms with E-state index in [1.807, 2.05) is 29.9 Å². The van der Waals surface area contributed by atoms with Gasteiger partial charge in [0, 0.05) is 19.8 Å². The number of aryl methyl sites for hydroxylation is 1. The summed E-state index contributed by atoms with van der Waals surface area (Å²) >= 11 is 0. The fraction of sp³-hybridized carbons (Fsp3) is 0.300. The lowest BCUT2D eigenvalue weighted by Gasteiger charge is -2.09. The quantitative estimate of drug-likeness (QED) is 0.732. The maximum Gasteiger partial charge on any atom is 0.270 e. The molecular weight excluding hydrogens is 331 g/mol. The monoisotopic (exact) mass is 354 g/mol. The second-order valence-electron chi connectivity index (χ2n) is 6.75. The first-order chi connectivity index (χ1) is 12.5. The van der Waals surface area contributed by atoms with E-state index >= 15 is 0 Å². The number of carbonyl (C=O) groups excluding carboxylic acids is 1. The van der Waals surface area contributed by atoms with Crippen LogP contribution in [0.5, 0.6) is 0 Å². The van der Waals surface area contributed by atoms with Crippen LogP contribution in [-0.4, -0.2) is 26.8 Å². The smallest absolute Gasteiger partial charge is 0.270 e. The zero-order chi connectivity index (χ0) is 18.7. The molecule has 0 spiro atoms. The van der Waals surface area contributed by atoms with Gasteiger partial charge in [-0.15, -0.1) is 0 Å². The van der Waals surface area contributed by atoms with Crippen molar-refractivity contribution in [2.75, 3.05) is 6.54 Å². The molecule has 3 aromatic rings. The van der Waals surface area contributed by atoms with Crippen LogP contribution in [0.4, 0.5) is 4.39 Å². The number of nitrogens with one attached hydrogen (secondary N) is 1. The van der Waals surface area contributed by atoms with Crippen LogP contribution in [0.25, 0.3) is 17.1 Å². The Morgan fingerprint density at radius 2 is 1.96 bits per heavy atom. The summed E-state index contributed by atoms with van der Waals surface area (Å²) < 4.78 is 16.8. The highest BCUT2D eigenvalue weighted by Crippen LogP contribution is 2.22.